The van der Waals surface area contributed by atoms with Gasteiger partial charge in [0.05, 0.1) is 5.69 Å². The molecule has 0 radical (unpaired) electrons. The van der Waals surface area contributed by atoms with E-state index in [0.717, 1.165) is 17.8 Å². The molecule has 0 saturated heterocycles. The lowest BCUT2D eigenvalue weighted by molar-refractivity contribution is 0.0954. The molecule has 0 spiro atoms. The van der Waals surface area contributed by atoms with Crippen LogP contribution in [-0.2, 0) is 19.9 Å². The molecule has 2 aromatic rings. The van der Waals surface area contributed by atoms with Crippen LogP contribution < -0.4 is 5.32 Å². The summed E-state index contributed by atoms with van der Waals surface area (Å²) in [5.41, 5.74) is 2.31. The Labute approximate surface area is 123 Å². The van der Waals surface area contributed by atoms with Gasteiger partial charge in [-0.2, -0.15) is 5.10 Å². The molecule has 0 bridgehead atoms. The number of carbonyl (C=O) groups excluding carboxylic acids is 1. The van der Waals surface area contributed by atoms with Crippen LogP contribution in [-0.4, -0.2) is 27.2 Å². The third-order valence-electron chi connectivity index (χ3n) is 2.91. The molecule has 0 saturated carbocycles. The van der Waals surface area contributed by atoms with Gasteiger partial charge in [0.25, 0.3) is 5.91 Å². The van der Waals surface area contributed by atoms with Crippen molar-refractivity contribution in [3.8, 4) is 0 Å². The van der Waals surface area contributed by atoms with Crippen LogP contribution in [0.5, 0.6) is 0 Å². The Hall–Kier alpha value is -1.88. The van der Waals surface area contributed by atoms with Gasteiger partial charge in [-0.1, -0.05) is 18.5 Å². The minimum atomic E-state index is -0.139. The minimum absolute atomic E-state index is 0.139. The molecule has 0 atom stereocenters. The maximum atomic E-state index is 12.0. The summed E-state index contributed by atoms with van der Waals surface area (Å²) >= 11 is 5.90. The summed E-state index contributed by atoms with van der Waals surface area (Å²) in [7, 11) is 1.87. The maximum absolute atomic E-state index is 12.0. The second-order valence-corrected chi connectivity index (χ2v) is 4.90. The minimum Gasteiger partial charge on any atom is -0.352 e. The van der Waals surface area contributed by atoms with Gasteiger partial charge in [-0.25, -0.2) is 4.98 Å². The van der Waals surface area contributed by atoms with E-state index in [4.69, 9.17) is 11.6 Å². The second kappa shape index (κ2) is 6.52. The molecule has 6 heteroatoms. The van der Waals surface area contributed by atoms with Crippen molar-refractivity contribution in [2.24, 2.45) is 7.05 Å². The molecule has 2 aromatic heterocycles. The number of nitrogens with one attached hydrogen (secondary N) is 1. The number of carbonyl (C=O) groups is 1. The molecular formula is C14H17ClN4O. The summed E-state index contributed by atoms with van der Waals surface area (Å²) in [5, 5.41) is 7.46. The molecule has 0 aromatic carbocycles. The highest BCUT2D eigenvalue weighted by molar-refractivity contribution is 6.29. The Morgan fingerprint density at radius 1 is 1.40 bits per heavy atom. The predicted molar refractivity (Wildman–Crippen MR) is 77.9 cm³/mol. The van der Waals surface area contributed by atoms with Crippen LogP contribution in [0.2, 0.25) is 5.15 Å². The third kappa shape index (κ3) is 3.81. The molecule has 2 heterocycles. The standard InChI is InChI=1S/C14H17ClN4O/c1-3-11-8-10(9-13(15)17-11)14(20)16-6-4-12-5-7-19(2)18-12/h5,7-9H,3-4,6H2,1-2H3,(H,16,20). The van der Waals surface area contributed by atoms with Crippen molar-refractivity contribution in [3.63, 3.8) is 0 Å². The average molecular weight is 293 g/mol. The van der Waals surface area contributed by atoms with Crippen LogP contribution >= 0.6 is 11.6 Å². The lowest BCUT2D eigenvalue weighted by Gasteiger charge is -2.06. The van der Waals surface area contributed by atoms with Gasteiger partial charge >= 0.3 is 0 Å². The molecule has 2 rings (SSSR count). The first-order chi connectivity index (χ1) is 9.58. The predicted octanol–water partition coefficient (Wildman–Crippen LogP) is 2.00. The molecule has 0 fully saturated rings. The fraction of sp³-hybridized carbons (Fsp3) is 0.357. The Bertz CT molecular complexity index is 609. The first-order valence-corrected chi connectivity index (χ1v) is 6.89. The van der Waals surface area contributed by atoms with E-state index in [0.29, 0.717) is 23.7 Å². The largest absolute Gasteiger partial charge is 0.352 e. The van der Waals surface area contributed by atoms with Gasteiger partial charge in [0.1, 0.15) is 5.15 Å². The lowest BCUT2D eigenvalue weighted by Crippen LogP contribution is -2.26. The first-order valence-electron chi connectivity index (χ1n) is 6.51. The van der Waals surface area contributed by atoms with E-state index in [1.54, 1.807) is 16.8 Å². The van der Waals surface area contributed by atoms with Crippen molar-refractivity contribution in [1.29, 1.82) is 0 Å². The van der Waals surface area contributed by atoms with Crippen molar-refractivity contribution in [2.75, 3.05) is 6.54 Å². The first kappa shape index (κ1) is 14.5. The summed E-state index contributed by atoms with van der Waals surface area (Å²) in [5.74, 6) is -0.139. The van der Waals surface area contributed by atoms with E-state index in [2.05, 4.69) is 15.4 Å². The number of hydrogen-bond donors (Lipinski definition) is 1. The van der Waals surface area contributed by atoms with Crippen LogP contribution in [0.4, 0.5) is 0 Å². The van der Waals surface area contributed by atoms with Gasteiger partial charge < -0.3 is 5.32 Å². The highest BCUT2D eigenvalue weighted by atomic mass is 35.5. The average Bonchev–Trinajstić information content (AvgIpc) is 2.83. The van der Waals surface area contributed by atoms with Gasteiger partial charge in [-0.15, -0.1) is 0 Å². The molecule has 0 aliphatic heterocycles. The Balaban J connectivity index is 1.93. The summed E-state index contributed by atoms with van der Waals surface area (Å²) in [6, 6.07) is 5.28. The van der Waals surface area contributed by atoms with Gasteiger partial charge in [0, 0.05) is 37.5 Å². The maximum Gasteiger partial charge on any atom is 0.251 e. The summed E-state index contributed by atoms with van der Waals surface area (Å²) in [4.78, 5) is 16.2. The van der Waals surface area contributed by atoms with Gasteiger partial charge in [0.15, 0.2) is 0 Å². The van der Waals surface area contributed by atoms with E-state index < -0.39 is 0 Å². The topological polar surface area (TPSA) is 59.8 Å². The van der Waals surface area contributed by atoms with Crippen molar-refractivity contribution >= 4 is 17.5 Å². The number of rotatable bonds is 5. The number of amides is 1. The Morgan fingerprint density at radius 2 is 2.20 bits per heavy atom. The van der Waals surface area contributed by atoms with Gasteiger partial charge in [0.2, 0.25) is 0 Å². The van der Waals surface area contributed by atoms with Crippen molar-refractivity contribution in [2.45, 2.75) is 19.8 Å². The monoisotopic (exact) mass is 292 g/mol. The zero-order chi connectivity index (χ0) is 14.5. The van der Waals surface area contributed by atoms with Crippen molar-refractivity contribution in [1.82, 2.24) is 20.1 Å². The van der Waals surface area contributed by atoms with Gasteiger partial charge in [-0.3, -0.25) is 9.48 Å². The lowest BCUT2D eigenvalue weighted by atomic mass is 10.2. The molecular weight excluding hydrogens is 276 g/mol. The number of hydrogen-bond acceptors (Lipinski definition) is 3. The molecule has 0 aliphatic carbocycles. The normalized spacial score (nSPS) is 10.6. The molecule has 0 aliphatic rings. The fourth-order valence-electron chi connectivity index (χ4n) is 1.87. The third-order valence-corrected chi connectivity index (χ3v) is 3.10. The molecule has 106 valence electrons. The Kier molecular flexibility index (Phi) is 4.74. The number of aryl methyl sites for hydroxylation is 2. The van der Waals surface area contributed by atoms with E-state index in [1.165, 1.54) is 0 Å². The number of aromatic nitrogens is 3. The van der Waals surface area contributed by atoms with Crippen LogP contribution in [0, 0.1) is 0 Å². The Morgan fingerprint density at radius 3 is 2.85 bits per heavy atom. The molecule has 20 heavy (non-hydrogen) atoms. The van der Waals surface area contributed by atoms with Crippen LogP contribution in [0.3, 0.4) is 0 Å². The summed E-state index contributed by atoms with van der Waals surface area (Å²) in [6.07, 6.45) is 3.33. The summed E-state index contributed by atoms with van der Waals surface area (Å²) < 4.78 is 1.74. The summed E-state index contributed by atoms with van der Waals surface area (Å²) in [6.45, 7) is 2.51. The van der Waals surface area contributed by atoms with E-state index in [-0.39, 0.29) is 5.91 Å². The molecule has 1 amide bonds. The van der Waals surface area contributed by atoms with E-state index in [9.17, 15) is 4.79 Å². The van der Waals surface area contributed by atoms with Crippen LogP contribution in [0.15, 0.2) is 24.4 Å². The molecule has 5 nitrogen and oxygen atoms in total. The van der Waals surface area contributed by atoms with E-state index in [1.807, 2.05) is 26.2 Å². The second-order valence-electron chi connectivity index (χ2n) is 4.51. The van der Waals surface area contributed by atoms with Crippen LogP contribution in [0.25, 0.3) is 0 Å². The highest BCUT2D eigenvalue weighted by Gasteiger charge is 2.08. The van der Waals surface area contributed by atoms with Crippen LogP contribution in [0.1, 0.15) is 28.7 Å². The number of nitrogens with zero attached hydrogens (tertiary/aromatic N) is 3. The SMILES string of the molecule is CCc1cc(C(=O)NCCc2ccn(C)n2)cc(Cl)n1. The number of halogens is 1. The highest BCUT2D eigenvalue weighted by Crippen LogP contribution is 2.11. The van der Waals surface area contributed by atoms with Gasteiger partial charge in [-0.05, 0) is 24.6 Å². The zero-order valence-electron chi connectivity index (χ0n) is 11.6. The van der Waals surface area contributed by atoms with Crippen molar-refractivity contribution in [3.05, 3.63) is 46.5 Å². The van der Waals surface area contributed by atoms with Crippen molar-refractivity contribution < 1.29 is 4.79 Å². The molecule has 0 unspecified atom stereocenters. The van der Waals surface area contributed by atoms with E-state index >= 15 is 0 Å². The smallest absolute Gasteiger partial charge is 0.251 e. The quantitative estimate of drug-likeness (QED) is 0.858. The molecule has 1 N–H and O–H groups in total. The number of pyridine rings is 1. The zero-order valence-corrected chi connectivity index (χ0v) is 12.3. The fourth-order valence-corrected chi connectivity index (χ4v) is 2.09.